The molecule has 2 aliphatic rings. The summed E-state index contributed by atoms with van der Waals surface area (Å²) in [7, 11) is 2.73. The van der Waals surface area contributed by atoms with Crippen molar-refractivity contribution in [1.29, 1.82) is 0 Å². The number of hydrogen-bond donors (Lipinski definition) is 2. The van der Waals surface area contributed by atoms with Gasteiger partial charge < -0.3 is 19.4 Å². The zero-order valence-electron chi connectivity index (χ0n) is 27.9. The second kappa shape index (κ2) is 12.3. The summed E-state index contributed by atoms with van der Waals surface area (Å²) < 4.78 is 9.85. The van der Waals surface area contributed by atoms with E-state index in [-0.39, 0.29) is 47.7 Å². The second-order valence-corrected chi connectivity index (χ2v) is 12.6. The summed E-state index contributed by atoms with van der Waals surface area (Å²) in [6.07, 6.45) is 2.22. The van der Waals surface area contributed by atoms with Crippen molar-refractivity contribution in [2.75, 3.05) is 14.2 Å². The second-order valence-electron chi connectivity index (χ2n) is 12.6. The molecule has 2 unspecified atom stereocenters. The van der Waals surface area contributed by atoms with Crippen molar-refractivity contribution >= 4 is 45.6 Å². The number of aromatic amines is 2. The lowest BCUT2D eigenvalue weighted by Gasteiger charge is -2.20. The predicted octanol–water partition coefficient (Wildman–Crippen LogP) is 6.24. The van der Waals surface area contributed by atoms with Gasteiger partial charge in [-0.1, -0.05) is 13.8 Å². The van der Waals surface area contributed by atoms with Crippen LogP contribution in [0.4, 0.5) is 0 Å². The quantitative estimate of drug-likeness (QED) is 0.280. The van der Waals surface area contributed by atoms with Gasteiger partial charge in [-0.3, -0.25) is 19.2 Å². The highest BCUT2D eigenvalue weighted by molar-refractivity contribution is 6.07. The molecular weight excluding hydrogens is 584 g/mol. The fourth-order valence-electron chi connectivity index (χ4n) is 6.41. The molecule has 10 nitrogen and oxygen atoms in total. The summed E-state index contributed by atoms with van der Waals surface area (Å²) in [6.45, 7) is 11.6. The molecule has 3 aromatic rings. The molecule has 0 saturated carbocycles. The minimum Gasteiger partial charge on any atom is -0.469 e. The lowest BCUT2D eigenvalue weighted by molar-refractivity contribution is -0.141. The number of H-pyrrole nitrogens is 2. The molecule has 0 aliphatic carbocycles. The van der Waals surface area contributed by atoms with E-state index in [0.717, 1.165) is 38.8 Å². The van der Waals surface area contributed by atoms with Gasteiger partial charge in [-0.25, -0.2) is 9.97 Å². The van der Waals surface area contributed by atoms with Crippen molar-refractivity contribution in [2.45, 2.75) is 90.9 Å². The SMILES string of the molecule is CCC1(C)C(=O)c2cc3[nH]c(cc4[nH]c(cc5nc(cc1n2)C(=O)C5(C)CC)c(C)c4CCC(=O)OC)c(CCC(=O)OC)c3C. The number of rotatable bonds is 8. The highest BCUT2D eigenvalue weighted by Crippen LogP contribution is 2.39. The van der Waals surface area contributed by atoms with Crippen LogP contribution >= 0.6 is 0 Å². The predicted molar refractivity (Wildman–Crippen MR) is 175 cm³/mol. The van der Waals surface area contributed by atoms with Crippen LogP contribution in [0.5, 0.6) is 0 Å². The summed E-state index contributed by atoms with van der Waals surface area (Å²) >= 11 is 0. The Morgan fingerprint density at radius 3 is 1.52 bits per heavy atom. The van der Waals surface area contributed by atoms with Gasteiger partial charge >= 0.3 is 11.9 Å². The van der Waals surface area contributed by atoms with Gasteiger partial charge in [0, 0.05) is 34.9 Å². The fraction of sp³-hybridized carbons (Fsp3) is 0.444. The highest BCUT2D eigenvalue weighted by Gasteiger charge is 2.44. The number of aromatic nitrogens is 4. The number of nitrogens with zero attached hydrogens (tertiary/aromatic N) is 2. The number of nitrogens with one attached hydrogen (secondary N) is 2. The molecule has 0 radical (unpaired) electrons. The Morgan fingerprint density at radius 1 is 0.674 bits per heavy atom. The third-order valence-electron chi connectivity index (χ3n) is 10.1. The fourth-order valence-corrected chi connectivity index (χ4v) is 6.41. The van der Waals surface area contributed by atoms with E-state index in [1.54, 1.807) is 12.1 Å². The van der Waals surface area contributed by atoms with Crippen molar-refractivity contribution < 1.29 is 28.7 Å². The molecule has 0 saturated heterocycles. The van der Waals surface area contributed by atoms with Crippen LogP contribution in [0.3, 0.4) is 0 Å². The normalized spacial score (nSPS) is 19.4. The molecule has 2 N–H and O–H groups in total. The van der Waals surface area contributed by atoms with Gasteiger partial charge in [0.15, 0.2) is 11.6 Å². The van der Waals surface area contributed by atoms with E-state index in [2.05, 4.69) is 9.97 Å². The van der Waals surface area contributed by atoms with Crippen LogP contribution in [-0.4, -0.2) is 57.7 Å². The van der Waals surface area contributed by atoms with Crippen molar-refractivity contribution in [1.82, 2.24) is 19.9 Å². The third kappa shape index (κ3) is 5.43. The first-order valence-electron chi connectivity index (χ1n) is 15.8. The number of aryl methyl sites for hydroxylation is 4. The summed E-state index contributed by atoms with van der Waals surface area (Å²) in [4.78, 5) is 68.8. The van der Waals surface area contributed by atoms with E-state index >= 15 is 0 Å². The number of methoxy groups -OCH3 is 2. The Hall–Kier alpha value is -4.60. The lowest BCUT2D eigenvalue weighted by Crippen LogP contribution is -2.29. The molecule has 5 heterocycles. The smallest absolute Gasteiger partial charge is 0.305 e. The van der Waals surface area contributed by atoms with E-state index in [9.17, 15) is 19.2 Å². The molecule has 2 aliphatic heterocycles. The number of fused-ring (bicyclic) bond motifs is 8. The Kier molecular flexibility index (Phi) is 8.77. The molecule has 0 aromatic carbocycles. The number of hydrogen-bond acceptors (Lipinski definition) is 8. The minimum absolute atomic E-state index is 0.113. The van der Waals surface area contributed by atoms with Crippen molar-refractivity contribution in [2.24, 2.45) is 0 Å². The monoisotopic (exact) mass is 626 g/mol. The van der Waals surface area contributed by atoms with Crippen LogP contribution in [0.2, 0.25) is 0 Å². The van der Waals surface area contributed by atoms with E-state index in [1.807, 2.05) is 53.7 Å². The van der Waals surface area contributed by atoms with E-state index in [1.165, 1.54) is 14.2 Å². The van der Waals surface area contributed by atoms with Crippen molar-refractivity contribution in [3.05, 3.63) is 69.3 Å². The number of Topliss-reactive ketones (excluding diaryl/α,β-unsaturated/α-hetero) is 2. The number of ketones is 2. The molecule has 8 bridgehead atoms. The van der Waals surface area contributed by atoms with Crippen LogP contribution in [0, 0.1) is 13.8 Å². The molecule has 0 amide bonds. The maximum atomic E-state index is 13.9. The van der Waals surface area contributed by atoms with E-state index < -0.39 is 10.8 Å². The first-order valence-corrected chi connectivity index (χ1v) is 15.8. The molecular formula is C36H42N4O6. The van der Waals surface area contributed by atoms with Crippen LogP contribution < -0.4 is 0 Å². The molecule has 5 rings (SSSR count). The van der Waals surface area contributed by atoms with E-state index in [4.69, 9.17) is 19.4 Å². The van der Waals surface area contributed by atoms with Crippen LogP contribution in [-0.2, 0) is 42.7 Å². The maximum Gasteiger partial charge on any atom is 0.305 e. The van der Waals surface area contributed by atoms with Gasteiger partial charge in [-0.2, -0.15) is 0 Å². The lowest BCUT2D eigenvalue weighted by atomic mass is 9.79. The van der Waals surface area contributed by atoms with Gasteiger partial charge in [0.1, 0.15) is 11.4 Å². The average Bonchev–Trinajstić information content (AvgIpc) is 3.67. The van der Waals surface area contributed by atoms with Gasteiger partial charge in [0.2, 0.25) is 0 Å². The Bertz CT molecular complexity index is 1940. The standard InChI is InChI=1S/C36H42N4O6/c1-9-35(5)29-17-24-20(4)22(12-14-32(42)46-8)26(38-24)16-25-21(11-13-31(41)45-7)19(3)23(37-25)15-27-33(43)36(6,10-2)30(39-27)18-28(40-29)34(35)44/h15-18,37-38H,9-14H2,1-8H3. The zero-order valence-corrected chi connectivity index (χ0v) is 27.9. The van der Waals surface area contributed by atoms with Gasteiger partial charge in [0.05, 0.1) is 36.4 Å². The average molecular weight is 627 g/mol. The van der Waals surface area contributed by atoms with Crippen LogP contribution in [0.1, 0.15) is 108 Å². The topological polar surface area (TPSA) is 144 Å². The largest absolute Gasteiger partial charge is 0.469 e. The molecule has 242 valence electrons. The first-order chi connectivity index (χ1) is 21.8. The van der Waals surface area contributed by atoms with Crippen molar-refractivity contribution in [3.8, 4) is 0 Å². The summed E-state index contributed by atoms with van der Waals surface area (Å²) in [5.74, 6) is -0.890. The number of ether oxygens (including phenoxy) is 2. The van der Waals surface area contributed by atoms with Crippen molar-refractivity contribution in [3.63, 3.8) is 0 Å². The first kappa shape index (κ1) is 32.8. The Morgan fingerprint density at radius 2 is 1.09 bits per heavy atom. The molecule has 0 fully saturated rings. The Balaban J connectivity index is 1.93. The van der Waals surface area contributed by atoms with Gasteiger partial charge in [-0.05, 0) is 99.9 Å². The maximum absolute atomic E-state index is 13.9. The van der Waals surface area contributed by atoms with Crippen LogP contribution in [0.25, 0.3) is 22.1 Å². The molecule has 46 heavy (non-hydrogen) atoms. The number of esters is 2. The van der Waals surface area contributed by atoms with Gasteiger partial charge in [0.25, 0.3) is 0 Å². The van der Waals surface area contributed by atoms with E-state index in [0.29, 0.717) is 42.6 Å². The zero-order chi connectivity index (χ0) is 33.6. The highest BCUT2D eigenvalue weighted by atomic mass is 16.5. The molecule has 10 heteroatoms. The Labute approximate surface area is 268 Å². The van der Waals surface area contributed by atoms with Gasteiger partial charge in [-0.15, -0.1) is 0 Å². The summed E-state index contributed by atoms with van der Waals surface area (Å²) in [5.41, 5.74) is 6.54. The molecule has 3 aromatic heterocycles. The number of carbonyl (C=O) groups excluding carboxylic acids is 4. The molecule has 2 atom stereocenters. The summed E-state index contributed by atoms with van der Waals surface area (Å²) in [6, 6.07) is 7.32. The minimum atomic E-state index is -0.917. The third-order valence-corrected chi connectivity index (χ3v) is 10.1. The molecule has 0 spiro atoms. The van der Waals surface area contributed by atoms with Crippen LogP contribution in [0.15, 0.2) is 24.3 Å². The number of carbonyl (C=O) groups is 4. The summed E-state index contributed by atoms with van der Waals surface area (Å²) in [5, 5.41) is 0.